The molecule has 0 saturated heterocycles. The molecule has 0 radical (unpaired) electrons. The topological polar surface area (TPSA) is 59.3 Å². The average molecular weight is 296 g/mol. The number of benzene rings is 1. The predicted molar refractivity (Wildman–Crippen MR) is 72.9 cm³/mol. The minimum atomic E-state index is -1.29. The Hall–Kier alpha value is -2.14. The zero-order valence-corrected chi connectivity index (χ0v) is 11.3. The van der Waals surface area contributed by atoms with Gasteiger partial charge >= 0.3 is 5.97 Å². The number of hydrogen-bond donors (Lipinski definition) is 1. The first-order chi connectivity index (χ1) is 9.40. The highest BCUT2D eigenvalue weighted by Gasteiger charge is 2.13. The van der Waals surface area contributed by atoms with E-state index in [-0.39, 0.29) is 17.1 Å². The van der Waals surface area contributed by atoms with Crippen LogP contribution in [0.4, 0.5) is 4.39 Å². The minimum absolute atomic E-state index is 0.00268. The lowest BCUT2D eigenvalue weighted by atomic mass is 10.2. The van der Waals surface area contributed by atoms with E-state index in [1.165, 1.54) is 28.8 Å². The lowest BCUT2D eigenvalue weighted by Gasteiger charge is -2.11. The molecule has 6 heteroatoms. The number of carboxylic acids is 1. The second-order valence-corrected chi connectivity index (χ2v) is 4.74. The van der Waals surface area contributed by atoms with Gasteiger partial charge < -0.3 is 9.67 Å². The molecule has 2 aromatic rings. The summed E-state index contributed by atoms with van der Waals surface area (Å²) in [5.41, 5.74) is 0.188. The van der Waals surface area contributed by atoms with Crippen molar-refractivity contribution < 1.29 is 14.3 Å². The highest BCUT2D eigenvalue weighted by Crippen LogP contribution is 2.16. The van der Waals surface area contributed by atoms with Crippen molar-refractivity contribution in [3.05, 3.63) is 68.3 Å². The van der Waals surface area contributed by atoms with Crippen LogP contribution in [0.5, 0.6) is 0 Å². The molecule has 2 rings (SSSR count). The van der Waals surface area contributed by atoms with E-state index >= 15 is 0 Å². The van der Waals surface area contributed by atoms with Crippen molar-refractivity contribution >= 4 is 17.6 Å². The largest absolute Gasteiger partial charge is 0.477 e. The summed E-state index contributed by atoms with van der Waals surface area (Å²) in [6.07, 6.45) is 0. The maximum absolute atomic E-state index is 13.4. The number of carbonyl (C=O) groups is 1. The second-order valence-electron chi connectivity index (χ2n) is 4.33. The number of aryl methyl sites for hydroxylation is 1. The van der Waals surface area contributed by atoms with E-state index < -0.39 is 17.3 Å². The predicted octanol–water partition coefficient (Wildman–Crippen LogP) is 2.70. The Labute approximate surface area is 119 Å². The Kier molecular flexibility index (Phi) is 3.90. The van der Waals surface area contributed by atoms with Crippen LogP contribution in [0.2, 0.25) is 5.02 Å². The molecular weight excluding hydrogens is 285 g/mol. The molecule has 1 aromatic carbocycles. The monoisotopic (exact) mass is 295 g/mol. The van der Waals surface area contributed by atoms with Gasteiger partial charge in [0.25, 0.3) is 5.56 Å². The molecule has 0 aliphatic rings. The normalized spacial score (nSPS) is 10.6. The van der Waals surface area contributed by atoms with Crippen molar-refractivity contribution in [2.45, 2.75) is 13.5 Å². The smallest absolute Gasteiger partial charge is 0.341 e. The van der Waals surface area contributed by atoms with Crippen LogP contribution in [0.25, 0.3) is 0 Å². The molecule has 20 heavy (non-hydrogen) atoms. The van der Waals surface area contributed by atoms with Crippen molar-refractivity contribution in [3.63, 3.8) is 0 Å². The van der Waals surface area contributed by atoms with E-state index in [4.69, 9.17) is 16.7 Å². The van der Waals surface area contributed by atoms with Crippen LogP contribution >= 0.6 is 11.6 Å². The van der Waals surface area contributed by atoms with Gasteiger partial charge in [-0.25, -0.2) is 9.18 Å². The third-order valence-electron chi connectivity index (χ3n) is 2.95. The summed E-state index contributed by atoms with van der Waals surface area (Å²) in [6, 6.07) is 7.01. The lowest BCUT2D eigenvalue weighted by Crippen LogP contribution is -2.28. The summed E-state index contributed by atoms with van der Waals surface area (Å²) < 4.78 is 14.7. The number of aromatic nitrogens is 1. The molecule has 0 fully saturated rings. The highest BCUT2D eigenvalue weighted by atomic mass is 35.5. The van der Waals surface area contributed by atoms with E-state index in [1.54, 1.807) is 13.0 Å². The van der Waals surface area contributed by atoms with Crippen LogP contribution in [-0.2, 0) is 6.54 Å². The summed E-state index contributed by atoms with van der Waals surface area (Å²) >= 11 is 5.59. The molecular formula is C14H11ClFNO3. The average Bonchev–Trinajstić information content (AvgIpc) is 2.38. The van der Waals surface area contributed by atoms with Crippen molar-refractivity contribution in [1.29, 1.82) is 0 Å². The number of carboxylic acid groups (broad SMARTS) is 1. The van der Waals surface area contributed by atoms with Gasteiger partial charge in [-0.15, -0.1) is 0 Å². The zero-order valence-electron chi connectivity index (χ0n) is 10.6. The zero-order chi connectivity index (χ0) is 14.9. The standard InChI is InChI=1S/C14H11ClFNO3/c1-8-2-4-10(14(19)20)13(18)17(8)7-9-3-5-11(15)12(16)6-9/h2-6H,7H2,1H3,(H,19,20). The summed E-state index contributed by atoms with van der Waals surface area (Å²) in [6.45, 7) is 1.76. The molecule has 1 N–H and O–H groups in total. The van der Waals surface area contributed by atoms with Crippen LogP contribution in [0, 0.1) is 12.7 Å². The molecule has 0 saturated carbocycles. The first kappa shape index (κ1) is 14.3. The molecule has 0 spiro atoms. The Bertz CT molecular complexity index is 740. The molecule has 104 valence electrons. The first-order valence-electron chi connectivity index (χ1n) is 5.78. The molecule has 1 aromatic heterocycles. The SMILES string of the molecule is Cc1ccc(C(=O)O)c(=O)n1Cc1ccc(Cl)c(F)c1. The van der Waals surface area contributed by atoms with Gasteiger partial charge in [-0.05, 0) is 36.8 Å². The number of hydrogen-bond acceptors (Lipinski definition) is 2. The van der Waals surface area contributed by atoms with Gasteiger partial charge in [0.05, 0.1) is 11.6 Å². The van der Waals surface area contributed by atoms with Gasteiger partial charge in [-0.3, -0.25) is 4.79 Å². The summed E-state index contributed by atoms with van der Waals surface area (Å²) in [4.78, 5) is 23.0. The van der Waals surface area contributed by atoms with E-state index in [2.05, 4.69) is 0 Å². The molecule has 0 amide bonds. The third kappa shape index (κ3) is 2.72. The van der Waals surface area contributed by atoms with Crippen molar-refractivity contribution in [2.75, 3.05) is 0 Å². The number of rotatable bonds is 3. The lowest BCUT2D eigenvalue weighted by molar-refractivity contribution is 0.0694. The fourth-order valence-electron chi connectivity index (χ4n) is 1.85. The van der Waals surface area contributed by atoms with Crippen LogP contribution in [-0.4, -0.2) is 15.6 Å². The Morgan fingerprint density at radius 1 is 1.35 bits per heavy atom. The van der Waals surface area contributed by atoms with Crippen molar-refractivity contribution in [1.82, 2.24) is 4.57 Å². The molecule has 0 atom stereocenters. The van der Waals surface area contributed by atoms with Gasteiger partial charge in [0.15, 0.2) is 0 Å². The Morgan fingerprint density at radius 3 is 2.65 bits per heavy atom. The van der Waals surface area contributed by atoms with Gasteiger partial charge in [0.2, 0.25) is 0 Å². The Morgan fingerprint density at radius 2 is 2.05 bits per heavy atom. The molecule has 0 unspecified atom stereocenters. The summed E-state index contributed by atoms with van der Waals surface area (Å²) in [5.74, 6) is -1.87. The van der Waals surface area contributed by atoms with Crippen LogP contribution in [0.15, 0.2) is 35.1 Å². The van der Waals surface area contributed by atoms with E-state index in [0.29, 0.717) is 11.3 Å². The van der Waals surface area contributed by atoms with Gasteiger partial charge in [-0.2, -0.15) is 0 Å². The van der Waals surface area contributed by atoms with E-state index in [1.807, 2.05) is 0 Å². The number of halogens is 2. The first-order valence-corrected chi connectivity index (χ1v) is 6.15. The molecule has 0 bridgehead atoms. The number of nitrogens with zero attached hydrogens (tertiary/aromatic N) is 1. The van der Waals surface area contributed by atoms with E-state index in [0.717, 1.165) is 0 Å². The van der Waals surface area contributed by atoms with Crippen LogP contribution in [0.1, 0.15) is 21.6 Å². The molecule has 1 heterocycles. The van der Waals surface area contributed by atoms with Crippen molar-refractivity contribution in [3.8, 4) is 0 Å². The van der Waals surface area contributed by atoms with Gasteiger partial charge in [-0.1, -0.05) is 17.7 Å². The highest BCUT2D eigenvalue weighted by molar-refractivity contribution is 6.30. The minimum Gasteiger partial charge on any atom is -0.477 e. The molecule has 0 aliphatic carbocycles. The van der Waals surface area contributed by atoms with Crippen molar-refractivity contribution in [2.24, 2.45) is 0 Å². The van der Waals surface area contributed by atoms with Crippen LogP contribution < -0.4 is 5.56 Å². The quantitative estimate of drug-likeness (QED) is 0.947. The number of pyridine rings is 1. The molecule has 0 aliphatic heterocycles. The third-order valence-corrected chi connectivity index (χ3v) is 3.25. The molecule has 4 nitrogen and oxygen atoms in total. The maximum atomic E-state index is 13.4. The number of aromatic carboxylic acids is 1. The van der Waals surface area contributed by atoms with Crippen LogP contribution in [0.3, 0.4) is 0 Å². The second kappa shape index (κ2) is 5.46. The van der Waals surface area contributed by atoms with E-state index in [9.17, 15) is 14.0 Å². The fourth-order valence-corrected chi connectivity index (χ4v) is 1.97. The van der Waals surface area contributed by atoms with Gasteiger partial charge in [0, 0.05) is 5.69 Å². The fraction of sp³-hybridized carbons (Fsp3) is 0.143. The summed E-state index contributed by atoms with van der Waals surface area (Å²) in [5, 5.41) is 8.93. The maximum Gasteiger partial charge on any atom is 0.341 e. The summed E-state index contributed by atoms with van der Waals surface area (Å²) in [7, 11) is 0. The Balaban J connectivity index is 2.48. The van der Waals surface area contributed by atoms with Gasteiger partial charge in [0.1, 0.15) is 11.4 Å².